The van der Waals surface area contributed by atoms with E-state index in [0.29, 0.717) is 22.4 Å². The summed E-state index contributed by atoms with van der Waals surface area (Å²) in [6, 6.07) is 3.23. The van der Waals surface area contributed by atoms with E-state index in [4.69, 9.17) is 21.1 Å². The van der Waals surface area contributed by atoms with E-state index in [1.165, 1.54) is 0 Å². The molecule has 0 fully saturated rings. The maximum atomic E-state index is 11.5. The largest absolute Gasteiger partial charge is 0.454 e. The second-order valence-corrected chi connectivity index (χ2v) is 3.44. The van der Waals surface area contributed by atoms with Crippen molar-refractivity contribution in [2.75, 3.05) is 6.79 Å². The summed E-state index contributed by atoms with van der Waals surface area (Å²) in [7, 11) is 0. The van der Waals surface area contributed by atoms with Crippen LogP contribution in [-0.4, -0.2) is 16.8 Å². The normalized spacial score (nSPS) is 13.4. The van der Waals surface area contributed by atoms with Crippen LogP contribution in [0.5, 0.6) is 11.5 Å². The zero-order chi connectivity index (χ0) is 10.4. The van der Waals surface area contributed by atoms with Crippen LogP contribution in [0.4, 0.5) is 0 Å². The van der Waals surface area contributed by atoms with Crippen LogP contribution < -0.4 is 15.0 Å². The van der Waals surface area contributed by atoms with Crippen molar-refractivity contribution in [2.45, 2.75) is 0 Å². The number of nitrogens with zero attached hydrogens (tertiary/aromatic N) is 1. The third-order valence-corrected chi connectivity index (χ3v) is 2.35. The molecule has 0 aliphatic carbocycles. The highest BCUT2D eigenvalue weighted by Gasteiger charge is 2.16. The van der Waals surface area contributed by atoms with E-state index in [9.17, 15) is 4.79 Å². The molecule has 1 aliphatic heterocycles. The third-order valence-electron chi connectivity index (χ3n) is 2.17. The van der Waals surface area contributed by atoms with Gasteiger partial charge in [-0.1, -0.05) is 0 Å². The molecule has 0 radical (unpaired) electrons. The van der Waals surface area contributed by atoms with E-state index in [0.717, 1.165) is 0 Å². The van der Waals surface area contributed by atoms with Gasteiger partial charge in [-0.2, -0.15) is 0 Å². The monoisotopic (exact) mass is 224 g/mol. The van der Waals surface area contributed by atoms with Crippen molar-refractivity contribution >= 4 is 22.5 Å². The Morgan fingerprint density at radius 3 is 2.87 bits per heavy atom. The molecule has 1 N–H and O–H groups in total. The first-order valence-corrected chi connectivity index (χ1v) is 4.61. The standard InChI is InChI=1S/C9H5ClN2O3/c10-9-11-5-2-7-6(14-3-15-7)1-4(5)8(13)12-9/h1-2H,3H2,(H,11,12,13). The number of fused-ring (bicyclic) bond motifs is 2. The lowest BCUT2D eigenvalue weighted by atomic mass is 10.2. The maximum absolute atomic E-state index is 11.5. The molecule has 2 heterocycles. The number of rotatable bonds is 0. The van der Waals surface area contributed by atoms with Crippen LogP contribution in [0.1, 0.15) is 0 Å². The highest BCUT2D eigenvalue weighted by Crippen LogP contribution is 2.34. The molecular weight excluding hydrogens is 220 g/mol. The molecule has 0 saturated heterocycles. The van der Waals surface area contributed by atoms with Crippen molar-refractivity contribution in [3.63, 3.8) is 0 Å². The van der Waals surface area contributed by atoms with E-state index >= 15 is 0 Å². The zero-order valence-corrected chi connectivity index (χ0v) is 8.17. The van der Waals surface area contributed by atoms with Crippen LogP contribution in [0, 0.1) is 0 Å². The number of benzene rings is 1. The summed E-state index contributed by atoms with van der Waals surface area (Å²) in [6.45, 7) is 0.164. The SMILES string of the molecule is O=c1[nH]c(Cl)nc2cc3c(cc12)OCO3. The number of ether oxygens (including phenoxy) is 2. The summed E-state index contributed by atoms with van der Waals surface area (Å²) in [5.41, 5.74) is 0.205. The van der Waals surface area contributed by atoms with Gasteiger partial charge < -0.3 is 9.47 Å². The van der Waals surface area contributed by atoms with Crippen molar-refractivity contribution < 1.29 is 9.47 Å². The first-order valence-electron chi connectivity index (χ1n) is 4.23. The summed E-state index contributed by atoms with van der Waals surface area (Å²) in [6.07, 6.45) is 0. The molecule has 76 valence electrons. The van der Waals surface area contributed by atoms with Crippen LogP contribution in [0.15, 0.2) is 16.9 Å². The lowest BCUT2D eigenvalue weighted by Gasteiger charge is -1.99. The smallest absolute Gasteiger partial charge is 0.259 e. The van der Waals surface area contributed by atoms with Gasteiger partial charge in [0.05, 0.1) is 10.9 Å². The number of aromatic nitrogens is 2. The summed E-state index contributed by atoms with van der Waals surface area (Å²) in [5.74, 6) is 1.13. The molecule has 0 bridgehead atoms. The van der Waals surface area contributed by atoms with Gasteiger partial charge in [-0.3, -0.25) is 9.78 Å². The fraction of sp³-hybridized carbons (Fsp3) is 0.111. The Labute approximate surface area is 88.6 Å². The second-order valence-electron chi connectivity index (χ2n) is 3.08. The van der Waals surface area contributed by atoms with Crippen molar-refractivity contribution in [1.29, 1.82) is 0 Å². The average molecular weight is 225 g/mol. The van der Waals surface area contributed by atoms with Gasteiger partial charge in [0.1, 0.15) is 0 Å². The minimum atomic E-state index is -0.289. The molecule has 0 amide bonds. The van der Waals surface area contributed by atoms with Crippen LogP contribution in [0.2, 0.25) is 5.28 Å². The van der Waals surface area contributed by atoms with E-state index in [2.05, 4.69) is 9.97 Å². The van der Waals surface area contributed by atoms with Crippen LogP contribution in [-0.2, 0) is 0 Å². The minimum absolute atomic E-state index is 0.0614. The van der Waals surface area contributed by atoms with E-state index in [1.807, 2.05) is 0 Å². The van der Waals surface area contributed by atoms with Crippen molar-refractivity contribution in [3.05, 3.63) is 27.8 Å². The number of aromatic amines is 1. The zero-order valence-electron chi connectivity index (χ0n) is 7.41. The molecule has 1 aromatic heterocycles. The molecular formula is C9H5ClN2O3. The summed E-state index contributed by atoms with van der Waals surface area (Å²) < 4.78 is 10.3. The molecule has 0 spiro atoms. The lowest BCUT2D eigenvalue weighted by molar-refractivity contribution is 0.174. The predicted molar refractivity (Wildman–Crippen MR) is 53.5 cm³/mol. The number of hydrogen-bond acceptors (Lipinski definition) is 4. The Morgan fingerprint density at radius 2 is 2.07 bits per heavy atom. The van der Waals surface area contributed by atoms with Crippen molar-refractivity contribution in [3.8, 4) is 11.5 Å². The molecule has 5 nitrogen and oxygen atoms in total. The number of halogens is 1. The molecule has 3 rings (SSSR count). The van der Waals surface area contributed by atoms with Crippen molar-refractivity contribution in [2.24, 2.45) is 0 Å². The molecule has 15 heavy (non-hydrogen) atoms. The Balaban J connectivity index is 2.43. The second kappa shape index (κ2) is 2.87. The predicted octanol–water partition coefficient (Wildman–Crippen LogP) is 1.31. The third kappa shape index (κ3) is 1.24. The van der Waals surface area contributed by atoms with Gasteiger partial charge in [-0.25, -0.2) is 4.98 Å². The first kappa shape index (κ1) is 8.55. The van der Waals surface area contributed by atoms with Gasteiger partial charge in [-0.15, -0.1) is 0 Å². The fourth-order valence-corrected chi connectivity index (χ4v) is 1.68. The van der Waals surface area contributed by atoms with Gasteiger partial charge in [0, 0.05) is 6.07 Å². The Hall–Kier alpha value is -1.75. The van der Waals surface area contributed by atoms with Gasteiger partial charge in [0.2, 0.25) is 12.1 Å². The summed E-state index contributed by atoms with van der Waals surface area (Å²) in [5, 5.41) is 0.495. The molecule has 6 heteroatoms. The minimum Gasteiger partial charge on any atom is -0.454 e. The van der Waals surface area contributed by atoms with E-state index in [1.54, 1.807) is 12.1 Å². The van der Waals surface area contributed by atoms with E-state index in [-0.39, 0.29) is 17.6 Å². The molecule has 2 aromatic rings. The topological polar surface area (TPSA) is 64.2 Å². The van der Waals surface area contributed by atoms with Gasteiger partial charge in [-0.05, 0) is 17.7 Å². The van der Waals surface area contributed by atoms with Gasteiger partial charge in [0.15, 0.2) is 11.5 Å². The van der Waals surface area contributed by atoms with Crippen molar-refractivity contribution in [1.82, 2.24) is 9.97 Å². The maximum Gasteiger partial charge on any atom is 0.259 e. The highest BCUT2D eigenvalue weighted by molar-refractivity contribution is 6.28. The lowest BCUT2D eigenvalue weighted by Crippen LogP contribution is -2.07. The highest BCUT2D eigenvalue weighted by atomic mass is 35.5. The quantitative estimate of drug-likeness (QED) is 0.686. The fourth-order valence-electron chi connectivity index (χ4n) is 1.50. The summed E-state index contributed by atoms with van der Waals surface area (Å²) in [4.78, 5) is 17.9. The Morgan fingerprint density at radius 1 is 1.33 bits per heavy atom. The average Bonchev–Trinajstić information content (AvgIpc) is 2.61. The van der Waals surface area contributed by atoms with Crippen LogP contribution >= 0.6 is 11.6 Å². The molecule has 1 aliphatic rings. The molecule has 1 aromatic carbocycles. The van der Waals surface area contributed by atoms with Gasteiger partial charge >= 0.3 is 0 Å². The molecule has 0 saturated carbocycles. The molecule has 0 atom stereocenters. The van der Waals surface area contributed by atoms with Crippen LogP contribution in [0.3, 0.4) is 0 Å². The Bertz CT molecular complexity index is 608. The number of H-pyrrole nitrogens is 1. The number of hydrogen-bond donors (Lipinski definition) is 1. The van der Waals surface area contributed by atoms with Crippen LogP contribution in [0.25, 0.3) is 10.9 Å². The summed E-state index contributed by atoms with van der Waals surface area (Å²) >= 11 is 5.64. The van der Waals surface area contributed by atoms with E-state index < -0.39 is 0 Å². The number of nitrogens with one attached hydrogen (secondary N) is 1. The first-order chi connectivity index (χ1) is 7.24. The Kier molecular flexibility index (Phi) is 1.63. The molecule has 0 unspecified atom stereocenters. The van der Waals surface area contributed by atoms with Gasteiger partial charge in [0.25, 0.3) is 5.56 Å².